The topological polar surface area (TPSA) is 63.5 Å². The van der Waals surface area contributed by atoms with Crippen LogP contribution >= 0.6 is 23.2 Å². The fourth-order valence-corrected chi connectivity index (χ4v) is 4.37. The zero-order chi connectivity index (χ0) is 24.5. The summed E-state index contributed by atoms with van der Waals surface area (Å²) in [7, 11) is 1.33. The molecule has 1 aliphatic heterocycles. The van der Waals surface area contributed by atoms with Crippen LogP contribution in [0.15, 0.2) is 64.9 Å². The predicted molar refractivity (Wildman–Crippen MR) is 124 cm³/mol. The molecule has 0 bridgehead atoms. The number of rotatable bonds is 6. The predicted octanol–water partition coefficient (Wildman–Crippen LogP) is 6.28. The normalized spacial score (nSPS) is 18.1. The molecular weight excluding hydrogens is 494 g/mol. The van der Waals surface area contributed by atoms with Crippen molar-refractivity contribution < 1.29 is 27.6 Å². The minimum atomic E-state index is -4.81. The fraction of sp³-hybridized carbons (Fsp3) is 0.174. The zero-order valence-electron chi connectivity index (χ0n) is 17.5. The van der Waals surface area contributed by atoms with Crippen molar-refractivity contribution in [3.05, 3.63) is 75.8 Å². The molecule has 1 atom stereocenters. The summed E-state index contributed by atoms with van der Waals surface area (Å²) in [6.45, 7) is 0. The molecule has 11 heteroatoms. The van der Waals surface area contributed by atoms with E-state index in [0.717, 1.165) is 12.1 Å². The third-order valence-corrected chi connectivity index (χ3v) is 5.83. The van der Waals surface area contributed by atoms with Crippen molar-refractivity contribution in [1.29, 1.82) is 0 Å². The van der Waals surface area contributed by atoms with Gasteiger partial charge in [0.1, 0.15) is 13.4 Å². The van der Waals surface area contributed by atoms with Gasteiger partial charge in [-0.15, -0.1) is 0 Å². The Labute approximate surface area is 202 Å². The first kappa shape index (κ1) is 23.8. The molecule has 0 radical (unpaired) electrons. The third kappa shape index (κ3) is 4.17. The molecule has 34 heavy (non-hydrogen) atoms. The first-order chi connectivity index (χ1) is 16.2. The highest BCUT2D eigenvalue weighted by Crippen LogP contribution is 2.50. The summed E-state index contributed by atoms with van der Waals surface area (Å²) in [5, 5.41) is 8.69. The van der Waals surface area contributed by atoms with E-state index in [0.29, 0.717) is 28.4 Å². The second kappa shape index (κ2) is 9.15. The van der Waals surface area contributed by atoms with E-state index in [1.807, 2.05) is 0 Å². The third-order valence-electron chi connectivity index (χ3n) is 5.40. The monoisotopic (exact) mass is 509 g/mol. The van der Waals surface area contributed by atoms with Gasteiger partial charge in [-0.05, 0) is 29.7 Å². The quantitative estimate of drug-likeness (QED) is 0.170. The molecule has 1 heterocycles. The van der Waals surface area contributed by atoms with Gasteiger partial charge in [0.05, 0.1) is 11.4 Å². The van der Waals surface area contributed by atoms with E-state index in [-0.39, 0.29) is 21.3 Å². The lowest BCUT2D eigenvalue weighted by molar-refractivity contribution is -0.275. The van der Waals surface area contributed by atoms with Crippen LogP contribution in [0.2, 0.25) is 10.0 Å². The SMILES string of the molecule is CON=CN(C=O)c1ccc(C2=NOC(c3cc(Cl)cc(Cl)c3)(C(F)(F)F)C2)c2ccccc12. The van der Waals surface area contributed by atoms with Gasteiger partial charge in [0.2, 0.25) is 6.41 Å². The van der Waals surface area contributed by atoms with Crippen LogP contribution in [0, 0.1) is 0 Å². The molecule has 0 aliphatic carbocycles. The van der Waals surface area contributed by atoms with Gasteiger partial charge in [0.15, 0.2) is 0 Å². The Morgan fingerprint density at radius 2 is 1.79 bits per heavy atom. The summed E-state index contributed by atoms with van der Waals surface area (Å²) in [6.07, 6.45) is -3.69. The molecule has 4 rings (SSSR count). The number of anilines is 1. The molecular formula is C23H16Cl2F3N3O3. The van der Waals surface area contributed by atoms with Crippen LogP contribution in [-0.4, -0.2) is 31.7 Å². The number of carbonyl (C=O) groups excluding carboxylic acids is 1. The molecule has 0 saturated heterocycles. The minimum Gasteiger partial charge on any atom is -0.398 e. The van der Waals surface area contributed by atoms with Crippen LogP contribution in [0.3, 0.4) is 0 Å². The number of halogens is 5. The number of amides is 1. The molecule has 0 N–H and O–H groups in total. The van der Waals surface area contributed by atoms with Gasteiger partial charge in [-0.3, -0.25) is 9.69 Å². The Balaban J connectivity index is 1.81. The number of fused-ring (bicyclic) bond motifs is 1. The smallest absolute Gasteiger partial charge is 0.398 e. The maximum Gasteiger partial charge on any atom is 0.435 e. The van der Waals surface area contributed by atoms with Crippen molar-refractivity contribution in [3.8, 4) is 0 Å². The second-order valence-corrected chi connectivity index (χ2v) is 8.26. The molecule has 1 aliphatic rings. The summed E-state index contributed by atoms with van der Waals surface area (Å²) in [5.41, 5.74) is -2.04. The summed E-state index contributed by atoms with van der Waals surface area (Å²) in [4.78, 5) is 22.5. The Morgan fingerprint density at radius 1 is 1.12 bits per heavy atom. The van der Waals surface area contributed by atoms with Gasteiger partial charge in [-0.1, -0.05) is 63.8 Å². The van der Waals surface area contributed by atoms with Crippen molar-refractivity contribution >= 4 is 58.1 Å². The molecule has 3 aromatic rings. The Morgan fingerprint density at radius 3 is 2.41 bits per heavy atom. The van der Waals surface area contributed by atoms with Crippen LogP contribution in [-0.2, 0) is 20.1 Å². The zero-order valence-corrected chi connectivity index (χ0v) is 19.0. The van der Waals surface area contributed by atoms with Crippen molar-refractivity contribution in [2.75, 3.05) is 12.0 Å². The summed E-state index contributed by atoms with van der Waals surface area (Å²) < 4.78 is 43.0. The van der Waals surface area contributed by atoms with Gasteiger partial charge in [0, 0.05) is 33.0 Å². The molecule has 3 aromatic carbocycles. The first-order valence-corrected chi connectivity index (χ1v) is 10.6. The molecule has 1 amide bonds. The van der Waals surface area contributed by atoms with E-state index in [9.17, 15) is 18.0 Å². The molecule has 0 aromatic heterocycles. The maximum atomic E-state index is 14.3. The highest BCUT2D eigenvalue weighted by Gasteiger charge is 2.62. The minimum absolute atomic E-state index is 0.0460. The summed E-state index contributed by atoms with van der Waals surface area (Å²) in [6, 6.07) is 13.8. The summed E-state index contributed by atoms with van der Waals surface area (Å²) in [5.74, 6) is 0. The standard InChI is InChI=1S/C23H16Cl2F3N3O3/c1-33-29-12-31(13-32)21-7-6-18(17-4-2-3-5-19(17)21)20-11-22(34-30-20,23(26,27)28)14-8-15(24)10-16(25)9-14/h2-10,12-13H,11H2,1H3. The van der Waals surface area contributed by atoms with Crippen molar-refractivity contribution in [2.24, 2.45) is 10.3 Å². The van der Waals surface area contributed by atoms with Gasteiger partial charge >= 0.3 is 6.18 Å². The highest BCUT2D eigenvalue weighted by atomic mass is 35.5. The van der Waals surface area contributed by atoms with Crippen LogP contribution in [0.5, 0.6) is 0 Å². The van der Waals surface area contributed by atoms with Crippen LogP contribution < -0.4 is 4.90 Å². The van der Waals surface area contributed by atoms with Crippen molar-refractivity contribution in [2.45, 2.75) is 18.2 Å². The molecule has 0 fully saturated rings. The van der Waals surface area contributed by atoms with E-state index in [4.69, 9.17) is 28.0 Å². The number of hydrogen-bond acceptors (Lipinski definition) is 5. The molecule has 176 valence electrons. The van der Waals surface area contributed by atoms with Crippen LogP contribution in [0.4, 0.5) is 18.9 Å². The van der Waals surface area contributed by atoms with Crippen LogP contribution in [0.25, 0.3) is 10.8 Å². The lowest BCUT2D eigenvalue weighted by Gasteiger charge is -2.29. The fourth-order valence-electron chi connectivity index (χ4n) is 3.84. The summed E-state index contributed by atoms with van der Waals surface area (Å²) >= 11 is 11.9. The number of alkyl halides is 3. The highest BCUT2D eigenvalue weighted by molar-refractivity contribution is 6.34. The van der Waals surface area contributed by atoms with E-state index < -0.39 is 18.2 Å². The Kier molecular flexibility index (Phi) is 6.42. The number of nitrogens with zero attached hydrogens (tertiary/aromatic N) is 3. The van der Waals surface area contributed by atoms with E-state index in [2.05, 4.69) is 15.1 Å². The van der Waals surface area contributed by atoms with Gasteiger partial charge in [-0.25, -0.2) is 0 Å². The first-order valence-electron chi connectivity index (χ1n) is 9.81. The molecule has 0 spiro atoms. The molecule has 1 unspecified atom stereocenters. The second-order valence-electron chi connectivity index (χ2n) is 7.38. The van der Waals surface area contributed by atoms with Crippen molar-refractivity contribution in [1.82, 2.24) is 0 Å². The molecule has 6 nitrogen and oxygen atoms in total. The van der Waals surface area contributed by atoms with E-state index >= 15 is 0 Å². The molecule has 0 saturated carbocycles. The number of benzene rings is 3. The van der Waals surface area contributed by atoms with Gasteiger partial charge in [0.25, 0.3) is 5.60 Å². The number of hydrogen-bond donors (Lipinski definition) is 0. The van der Waals surface area contributed by atoms with Gasteiger partial charge < -0.3 is 9.68 Å². The maximum absolute atomic E-state index is 14.3. The van der Waals surface area contributed by atoms with Crippen LogP contribution in [0.1, 0.15) is 17.5 Å². The largest absolute Gasteiger partial charge is 0.435 e. The van der Waals surface area contributed by atoms with E-state index in [1.165, 1.54) is 24.4 Å². The Hall–Kier alpha value is -3.30. The van der Waals surface area contributed by atoms with Gasteiger partial charge in [-0.2, -0.15) is 13.2 Å². The lowest BCUT2D eigenvalue weighted by Crippen LogP contribution is -2.42. The average Bonchev–Trinajstić information content (AvgIpc) is 3.26. The number of carbonyl (C=O) groups is 1. The van der Waals surface area contributed by atoms with Crippen molar-refractivity contribution in [3.63, 3.8) is 0 Å². The average molecular weight is 510 g/mol. The van der Waals surface area contributed by atoms with E-state index in [1.54, 1.807) is 36.4 Å². The Bertz CT molecular complexity index is 1290. The number of oxime groups is 2. The lowest BCUT2D eigenvalue weighted by atomic mass is 9.85.